The molecule has 3 fully saturated rings. The van der Waals surface area contributed by atoms with Gasteiger partial charge in [-0.1, -0.05) is 19.3 Å². The predicted molar refractivity (Wildman–Crippen MR) is 85.7 cm³/mol. The third-order valence-corrected chi connectivity index (χ3v) is 6.28. The first-order chi connectivity index (χ1) is 10.7. The molecule has 2 aliphatic carbocycles. The molecule has 0 aromatic carbocycles. The lowest BCUT2D eigenvalue weighted by Gasteiger charge is -2.60. The van der Waals surface area contributed by atoms with Crippen molar-refractivity contribution in [2.45, 2.75) is 70.4 Å². The molecular weight excluding hydrogens is 278 g/mol. The van der Waals surface area contributed by atoms with Gasteiger partial charge in [0, 0.05) is 44.2 Å². The third kappa shape index (κ3) is 2.80. The van der Waals surface area contributed by atoms with Crippen molar-refractivity contribution in [1.82, 2.24) is 4.90 Å². The van der Waals surface area contributed by atoms with Gasteiger partial charge < -0.3 is 14.4 Å². The van der Waals surface area contributed by atoms with Gasteiger partial charge >= 0.3 is 0 Å². The van der Waals surface area contributed by atoms with Crippen molar-refractivity contribution in [3.8, 4) is 0 Å². The number of hydrogen-bond donors (Lipinski definition) is 0. The SMILES string of the molecule is CCO[C@H]1C[C@H](N(C)C(=O)C2CCOCC2)C12CCCCC2. The van der Waals surface area contributed by atoms with Crippen LogP contribution < -0.4 is 0 Å². The zero-order chi connectivity index (χ0) is 15.6. The number of amides is 1. The zero-order valence-electron chi connectivity index (χ0n) is 14.2. The lowest BCUT2D eigenvalue weighted by molar-refractivity contribution is -0.188. The highest BCUT2D eigenvalue weighted by Crippen LogP contribution is 2.55. The fourth-order valence-electron chi connectivity index (χ4n) is 4.96. The van der Waals surface area contributed by atoms with E-state index in [4.69, 9.17) is 9.47 Å². The van der Waals surface area contributed by atoms with E-state index in [1.165, 1.54) is 32.1 Å². The highest BCUT2D eigenvalue weighted by Gasteiger charge is 2.58. The summed E-state index contributed by atoms with van der Waals surface area (Å²) in [5.74, 6) is 0.513. The van der Waals surface area contributed by atoms with Gasteiger partial charge in [0.2, 0.25) is 5.91 Å². The Labute approximate surface area is 134 Å². The molecule has 0 bridgehead atoms. The van der Waals surface area contributed by atoms with E-state index in [2.05, 4.69) is 11.8 Å². The summed E-state index contributed by atoms with van der Waals surface area (Å²) < 4.78 is 11.4. The molecule has 0 aromatic rings. The minimum absolute atomic E-state index is 0.172. The van der Waals surface area contributed by atoms with Crippen molar-refractivity contribution in [2.75, 3.05) is 26.9 Å². The van der Waals surface area contributed by atoms with Gasteiger partial charge in [-0.15, -0.1) is 0 Å². The van der Waals surface area contributed by atoms with E-state index < -0.39 is 0 Å². The van der Waals surface area contributed by atoms with E-state index >= 15 is 0 Å². The lowest BCUT2D eigenvalue weighted by Crippen LogP contribution is -2.66. The predicted octanol–water partition coefficient (Wildman–Crippen LogP) is 3.00. The van der Waals surface area contributed by atoms with Gasteiger partial charge in [0.05, 0.1) is 6.10 Å². The van der Waals surface area contributed by atoms with Gasteiger partial charge in [-0.05, 0) is 39.0 Å². The molecule has 126 valence electrons. The van der Waals surface area contributed by atoms with Crippen LogP contribution in [0.1, 0.15) is 58.3 Å². The Balaban J connectivity index is 1.68. The maximum absolute atomic E-state index is 12.9. The van der Waals surface area contributed by atoms with E-state index in [-0.39, 0.29) is 11.3 Å². The first kappa shape index (κ1) is 16.3. The number of ether oxygens (including phenoxy) is 2. The van der Waals surface area contributed by atoms with Crippen molar-refractivity contribution < 1.29 is 14.3 Å². The lowest BCUT2D eigenvalue weighted by atomic mass is 9.54. The highest BCUT2D eigenvalue weighted by molar-refractivity contribution is 5.79. The summed E-state index contributed by atoms with van der Waals surface area (Å²) in [5.41, 5.74) is 0.240. The maximum atomic E-state index is 12.9. The summed E-state index contributed by atoms with van der Waals surface area (Å²) in [5, 5.41) is 0. The molecule has 1 aliphatic heterocycles. The summed E-state index contributed by atoms with van der Waals surface area (Å²) >= 11 is 0. The van der Waals surface area contributed by atoms with Gasteiger partial charge in [0.15, 0.2) is 0 Å². The smallest absolute Gasteiger partial charge is 0.225 e. The summed E-state index contributed by atoms with van der Waals surface area (Å²) in [6.07, 6.45) is 9.55. The van der Waals surface area contributed by atoms with Crippen molar-refractivity contribution in [2.24, 2.45) is 11.3 Å². The van der Waals surface area contributed by atoms with Crippen LogP contribution in [0, 0.1) is 11.3 Å². The first-order valence-corrected chi connectivity index (χ1v) is 9.15. The van der Waals surface area contributed by atoms with E-state index in [1.807, 2.05) is 7.05 Å². The number of rotatable bonds is 4. The monoisotopic (exact) mass is 309 g/mol. The standard InChI is InChI=1S/C18H31NO3/c1-3-22-16-13-15(18(16)9-5-4-6-10-18)19(2)17(20)14-7-11-21-12-8-14/h14-16H,3-13H2,1-2H3/t15-,16-/m0/s1. The molecule has 3 rings (SSSR count). The molecule has 1 heterocycles. The van der Waals surface area contributed by atoms with E-state index in [9.17, 15) is 4.79 Å². The second kappa shape index (κ2) is 6.88. The molecule has 0 aromatic heterocycles. The summed E-state index contributed by atoms with van der Waals surface area (Å²) in [7, 11) is 2.03. The Morgan fingerprint density at radius 1 is 1.23 bits per heavy atom. The van der Waals surface area contributed by atoms with Crippen LogP contribution in [0.2, 0.25) is 0 Å². The van der Waals surface area contributed by atoms with Crippen molar-refractivity contribution in [1.29, 1.82) is 0 Å². The van der Waals surface area contributed by atoms with E-state index in [0.29, 0.717) is 18.1 Å². The second-order valence-corrected chi connectivity index (χ2v) is 7.33. The highest BCUT2D eigenvalue weighted by atomic mass is 16.5. The number of nitrogens with zero attached hydrogens (tertiary/aromatic N) is 1. The van der Waals surface area contributed by atoms with Gasteiger partial charge in [0.25, 0.3) is 0 Å². The Hall–Kier alpha value is -0.610. The molecule has 0 N–H and O–H groups in total. The Morgan fingerprint density at radius 2 is 1.91 bits per heavy atom. The molecule has 4 nitrogen and oxygen atoms in total. The fourth-order valence-corrected chi connectivity index (χ4v) is 4.96. The minimum atomic E-state index is 0.172. The van der Waals surface area contributed by atoms with Gasteiger partial charge in [-0.25, -0.2) is 0 Å². The molecule has 3 aliphatic rings. The van der Waals surface area contributed by atoms with Crippen molar-refractivity contribution in [3.63, 3.8) is 0 Å². The normalized spacial score (nSPS) is 31.7. The summed E-state index contributed by atoms with van der Waals surface area (Å²) in [6.45, 7) is 4.35. The largest absolute Gasteiger partial charge is 0.381 e. The maximum Gasteiger partial charge on any atom is 0.225 e. The van der Waals surface area contributed by atoms with Crippen molar-refractivity contribution >= 4 is 5.91 Å². The minimum Gasteiger partial charge on any atom is -0.381 e. The van der Waals surface area contributed by atoms with Crippen LogP contribution in [-0.2, 0) is 14.3 Å². The first-order valence-electron chi connectivity index (χ1n) is 9.15. The third-order valence-electron chi connectivity index (χ3n) is 6.28. The average molecular weight is 309 g/mol. The van der Waals surface area contributed by atoms with E-state index in [0.717, 1.165) is 39.1 Å². The van der Waals surface area contributed by atoms with Crippen molar-refractivity contribution in [3.05, 3.63) is 0 Å². The molecule has 0 unspecified atom stereocenters. The molecule has 1 saturated heterocycles. The fraction of sp³-hybridized carbons (Fsp3) is 0.944. The molecule has 4 heteroatoms. The summed E-state index contributed by atoms with van der Waals surface area (Å²) in [4.78, 5) is 14.9. The van der Waals surface area contributed by atoms with Gasteiger partial charge in [-0.2, -0.15) is 0 Å². The number of carbonyl (C=O) groups excluding carboxylic acids is 1. The van der Waals surface area contributed by atoms with Crippen LogP contribution in [-0.4, -0.2) is 49.8 Å². The van der Waals surface area contributed by atoms with Crippen LogP contribution in [0.25, 0.3) is 0 Å². The van der Waals surface area contributed by atoms with Crippen LogP contribution in [0.15, 0.2) is 0 Å². The topological polar surface area (TPSA) is 38.8 Å². The van der Waals surface area contributed by atoms with Crippen LogP contribution >= 0.6 is 0 Å². The van der Waals surface area contributed by atoms with Crippen LogP contribution in [0.3, 0.4) is 0 Å². The molecule has 22 heavy (non-hydrogen) atoms. The van der Waals surface area contributed by atoms with Gasteiger partial charge in [0.1, 0.15) is 0 Å². The Bertz CT molecular complexity index is 386. The average Bonchev–Trinajstić information content (AvgIpc) is 2.58. The van der Waals surface area contributed by atoms with Gasteiger partial charge in [-0.3, -0.25) is 4.79 Å². The number of hydrogen-bond acceptors (Lipinski definition) is 3. The molecule has 1 spiro atoms. The number of carbonyl (C=O) groups is 1. The zero-order valence-corrected chi connectivity index (χ0v) is 14.2. The molecular formula is C18H31NO3. The van der Waals surface area contributed by atoms with Crippen LogP contribution in [0.5, 0.6) is 0 Å². The quantitative estimate of drug-likeness (QED) is 0.801. The second-order valence-electron chi connectivity index (χ2n) is 7.33. The molecule has 1 amide bonds. The van der Waals surface area contributed by atoms with E-state index in [1.54, 1.807) is 0 Å². The Kier molecular flexibility index (Phi) is 5.08. The Morgan fingerprint density at radius 3 is 2.55 bits per heavy atom. The van der Waals surface area contributed by atoms with Crippen LogP contribution in [0.4, 0.5) is 0 Å². The molecule has 2 atom stereocenters. The molecule has 0 radical (unpaired) electrons. The molecule has 2 saturated carbocycles. The summed E-state index contributed by atoms with van der Waals surface area (Å²) in [6, 6.07) is 0.389.